The molecule has 4 heteroatoms. The van der Waals surface area contributed by atoms with E-state index in [1.54, 1.807) is 25.3 Å². The summed E-state index contributed by atoms with van der Waals surface area (Å²) in [5.41, 5.74) is 3.35. The molecule has 2 aromatic rings. The highest BCUT2D eigenvalue weighted by atomic mass is 16.5. The first-order valence-corrected chi connectivity index (χ1v) is 7.24. The molecule has 22 heavy (non-hydrogen) atoms. The molecule has 0 bridgehead atoms. The van der Waals surface area contributed by atoms with E-state index in [1.807, 2.05) is 39.0 Å². The summed E-state index contributed by atoms with van der Waals surface area (Å²) in [7, 11) is 1.58. The molecule has 0 saturated heterocycles. The predicted molar refractivity (Wildman–Crippen MR) is 88.0 cm³/mol. The van der Waals surface area contributed by atoms with Gasteiger partial charge in [0.25, 0.3) is 5.91 Å². The molecule has 0 aliphatic rings. The van der Waals surface area contributed by atoms with Crippen LogP contribution in [0.4, 0.5) is 5.69 Å². The van der Waals surface area contributed by atoms with Gasteiger partial charge in [0.2, 0.25) is 0 Å². The smallest absolute Gasteiger partial charge is 0.255 e. The van der Waals surface area contributed by atoms with E-state index in [0.717, 1.165) is 11.1 Å². The van der Waals surface area contributed by atoms with E-state index < -0.39 is 0 Å². The highest BCUT2D eigenvalue weighted by Crippen LogP contribution is 2.30. The minimum atomic E-state index is -0.132. The van der Waals surface area contributed by atoms with Gasteiger partial charge in [-0.3, -0.25) is 4.79 Å². The lowest BCUT2D eigenvalue weighted by Gasteiger charge is -2.12. The van der Waals surface area contributed by atoms with Crippen LogP contribution in [-0.4, -0.2) is 19.6 Å². The van der Waals surface area contributed by atoms with Gasteiger partial charge < -0.3 is 14.8 Å². The molecular weight excluding hydrogens is 278 g/mol. The Balaban J connectivity index is 2.23. The van der Waals surface area contributed by atoms with Crippen LogP contribution in [0.5, 0.6) is 11.5 Å². The van der Waals surface area contributed by atoms with Crippen molar-refractivity contribution in [2.45, 2.75) is 20.8 Å². The second kappa shape index (κ2) is 6.98. The van der Waals surface area contributed by atoms with E-state index >= 15 is 0 Å². The molecular formula is C18H21NO3. The van der Waals surface area contributed by atoms with Crippen LogP contribution in [0.15, 0.2) is 36.4 Å². The van der Waals surface area contributed by atoms with Crippen LogP contribution >= 0.6 is 0 Å². The minimum Gasteiger partial charge on any atom is -0.493 e. The normalized spacial score (nSPS) is 10.2. The lowest BCUT2D eigenvalue weighted by molar-refractivity contribution is 0.102. The monoisotopic (exact) mass is 299 g/mol. The molecule has 0 spiro atoms. The van der Waals surface area contributed by atoms with Crippen LogP contribution in [0.25, 0.3) is 0 Å². The van der Waals surface area contributed by atoms with Crippen molar-refractivity contribution in [3.63, 3.8) is 0 Å². The van der Waals surface area contributed by atoms with Gasteiger partial charge in [-0.15, -0.1) is 0 Å². The van der Waals surface area contributed by atoms with Gasteiger partial charge in [0.1, 0.15) is 0 Å². The van der Waals surface area contributed by atoms with E-state index in [-0.39, 0.29) is 5.91 Å². The summed E-state index contributed by atoms with van der Waals surface area (Å²) in [5, 5.41) is 2.90. The predicted octanol–water partition coefficient (Wildman–Crippen LogP) is 3.96. The van der Waals surface area contributed by atoms with Crippen LogP contribution in [0.2, 0.25) is 0 Å². The fourth-order valence-electron chi connectivity index (χ4n) is 2.20. The Morgan fingerprint density at radius 2 is 1.86 bits per heavy atom. The lowest BCUT2D eigenvalue weighted by atomic mass is 10.0. The Morgan fingerprint density at radius 3 is 2.55 bits per heavy atom. The standard InChI is InChI=1S/C18H21NO3/c1-5-22-16-9-8-14(11-17(16)21-4)19-18(20)15-10-12(2)6-7-13(15)3/h6-11H,5H2,1-4H3,(H,19,20). The van der Waals surface area contributed by atoms with E-state index in [1.165, 1.54) is 0 Å². The van der Waals surface area contributed by atoms with E-state index in [0.29, 0.717) is 29.4 Å². The zero-order chi connectivity index (χ0) is 16.1. The third-order valence-electron chi connectivity index (χ3n) is 3.36. The number of carbonyl (C=O) groups is 1. The quantitative estimate of drug-likeness (QED) is 0.909. The van der Waals surface area contributed by atoms with E-state index in [9.17, 15) is 4.79 Å². The first kappa shape index (κ1) is 15.9. The van der Waals surface area contributed by atoms with Crippen LogP contribution in [-0.2, 0) is 0 Å². The maximum Gasteiger partial charge on any atom is 0.255 e. The summed E-state index contributed by atoms with van der Waals surface area (Å²) >= 11 is 0. The first-order chi connectivity index (χ1) is 10.5. The van der Waals surface area contributed by atoms with Gasteiger partial charge in [-0.1, -0.05) is 17.7 Å². The second-order valence-electron chi connectivity index (χ2n) is 5.07. The number of rotatable bonds is 5. The molecule has 0 saturated carbocycles. The Morgan fingerprint density at radius 1 is 1.09 bits per heavy atom. The molecule has 0 radical (unpaired) electrons. The molecule has 1 N–H and O–H groups in total. The number of hydrogen-bond donors (Lipinski definition) is 1. The maximum atomic E-state index is 12.4. The summed E-state index contributed by atoms with van der Waals surface area (Å²) in [5.74, 6) is 1.13. The molecule has 0 unspecified atom stereocenters. The van der Waals surface area contributed by atoms with Gasteiger partial charge in [-0.05, 0) is 44.5 Å². The largest absolute Gasteiger partial charge is 0.493 e. The van der Waals surface area contributed by atoms with Crippen LogP contribution in [0.1, 0.15) is 28.4 Å². The number of carbonyl (C=O) groups excluding carboxylic acids is 1. The molecule has 2 rings (SSSR count). The Hall–Kier alpha value is -2.49. The van der Waals surface area contributed by atoms with Crippen LogP contribution in [0, 0.1) is 13.8 Å². The maximum absolute atomic E-state index is 12.4. The van der Waals surface area contributed by atoms with Gasteiger partial charge in [0.15, 0.2) is 11.5 Å². The van der Waals surface area contributed by atoms with Crippen molar-refractivity contribution in [1.29, 1.82) is 0 Å². The number of ether oxygens (including phenoxy) is 2. The molecule has 0 fully saturated rings. The van der Waals surface area contributed by atoms with E-state index in [4.69, 9.17) is 9.47 Å². The summed E-state index contributed by atoms with van der Waals surface area (Å²) in [4.78, 5) is 12.4. The topological polar surface area (TPSA) is 47.6 Å². The average molecular weight is 299 g/mol. The fraction of sp³-hybridized carbons (Fsp3) is 0.278. The number of amides is 1. The molecule has 0 aliphatic heterocycles. The third kappa shape index (κ3) is 3.58. The van der Waals surface area contributed by atoms with Crippen molar-refractivity contribution in [2.75, 3.05) is 19.0 Å². The second-order valence-corrected chi connectivity index (χ2v) is 5.07. The summed E-state index contributed by atoms with van der Waals surface area (Å²) in [6.07, 6.45) is 0. The number of aryl methyl sites for hydroxylation is 2. The Kier molecular flexibility index (Phi) is 5.04. The molecule has 4 nitrogen and oxygen atoms in total. The lowest BCUT2D eigenvalue weighted by Crippen LogP contribution is -2.13. The zero-order valence-electron chi connectivity index (χ0n) is 13.4. The van der Waals surface area contributed by atoms with Crippen LogP contribution < -0.4 is 14.8 Å². The molecule has 0 aromatic heterocycles. The van der Waals surface area contributed by atoms with Gasteiger partial charge >= 0.3 is 0 Å². The zero-order valence-corrected chi connectivity index (χ0v) is 13.4. The molecule has 116 valence electrons. The van der Waals surface area contributed by atoms with Crippen molar-refractivity contribution in [1.82, 2.24) is 0 Å². The number of methoxy groups -OCH3 is 1. The van der Waals surface area contributed by atoms with Crippen molar-refractivity contribution in [2.24, 2.45) is 0 Å². The third-order valence-corrected chi connectivity index (χ3v) is 3.36. The highest BCUT2D eigenvalue weighted by Gasteiger charge is 2.11. The summed E-state index contributed by atoms with van der Waals surface area (Å²) in [6, 6.07) is 11.2. The SMILES string of the molecule is CCOc1ccc(NC(=O)c2cc(C)ccc2C)cc1OC. The van der Waals surface area contributed by atoms with Crippen molar-refractivity contribution in [3.8, 4) is 11.5 Å². The Bertz CT molecular complexity index is 680. The average Bonchev–Trinajstić information content (AvgIpc) is 2.51. The molecule has 1 amide bonds. The molecule has 0 heterocycles. The van der Waals surface area contributed by atoms with Gasteiger partial charge in [-0.2, -0.15) is 0 Å². The van der Waals surface area contributed by atoms with Gasteiger partial charge in [0.05, 0.1) is 13.7 Å². The number of nitrogens with one attached hydrogen (secondary N) is 1. The molecule has 0 aliphatic carbocycles. The van der Waals surface area contributed by atoms with Crippen LogP contribution in [0.3, 0.4) is 0 Å². The summed E-state index contributed by atoms with van der Waals surface area (Å²) < 4.78 is 10.8. The van der Waals surface area contributed by atoms with E-state index in [2.05, 4.69) is 5.32 Å². The van der Waals surface area contributed by atoms with Crippen molar-refractivity contribution >= 4 is 11.6 Å². The fourth-order valence-corrected chi connectivity index (χ4v) is 2.20. The number of benzene rings is 2. The number of hydrogen-bond acceptors (Lipinski definition) is 3. The Labute approximate surface area is 131 Å². The first-order valence-electron chi connectivity index (χ1n) is 7.24. The molecule has 0 atom stereocenters. The highest BCUT2D eigenvalue weighted by molar-refractivity contribution is 6.05. The minimum absolute atomic E-state index is 0.132. The number of anilines is 1. The van der Waals surface area contributed by atoms with Crippen molar-refractivity contribution in [3.05, 3.63) is 53.1 Å². The molecule has 2 aromatic carbocycles. The van der Waals surface area contributed by atoms with Gasteiger partial charge in [0, 0.05) is 17.3 Å². The summed E-state index contributed by atoms with van der Waals surface area (Å²) in [6.45, 7) is 6.36. The van der Waals surface area contributed by atoms with Gasteiger partial charge in [-0.25, -0.2) is 0 Å². The van der Waals surface area contributed by atoms with Crippen molar-refractivity contribution < 1.29 is 14.3 Å².